The summed E-state index contributed by atoms with van der Waals surface area (Å²) in [5.41, 5.74) is 1.82. The summed E-state index contributed by atoms with van der Waals surface area (Å²) in [4.78, 5) is 25.9. The van der Waals surface area contributed by atoms with Crippen molar-refractivity contribution in [1.82, 2.24) is 4.90 Å². The van der Waals surface area contributed by atoms with Crippen LogP contribution in [0.1, 0.15) is 48.5 Å². The van der Waals surface area contributed by atoms with Crippen LogP contribution in [0.15, 0.2) is 24.3 Å². The van der Waals surface area contributed by atoms with Gasteiger partial charge in [0.05, 0.1) is 26.2 Å². The summed E-state index contributed by atoms with van der Waals surface area (Å²) >= 11 is 0. The summed E-state index contributed by atoms with van der Waals surface area (Å²) in [6.07, 6.45) is 2.12. The first kappa shape index (κ1) is 19.0. The molecule has 1 aromatic rings. The average Bonchev–Trinajstić information content (AvgIpc) is 3.11. The molecule has 2 fully saturated rings. The summed E-state index contributed by atoms with van der Waals surface area (Å²) in [5.74, 6) is -0.693. The summed E-state index contributed by atoms with van der Waals surface area (Å²) < 4.78 is 16.4. The van der Waals surface area contributed by atoms with E-state index in [0.717, 1.165) is 32.5 Å². The van der Waals surface area contributed by atoms with Crippen LogP contribution in [0.25, 0.3) is 0 Å². The third kappa shape index (κ3) is 4.90. The Bertz CT molecular complexity index is 612. The quantitative estimate of drug-likeness (QED) is 0.549. The van der Waals surface area contributed by atoms with Crippen LogP contribution in [-0.2, 0) is 25.5 Å². The number of ether oxygens (including phenoxy) is 3. The van der Waals surface area contributed by atoms with Gasteiger partial charge in [0.15, 0.2) is 11.6 Å². The second-order valence-electron chi connectivity index (χ2n) is 6.81. The summed E-state index contributed by atoms with van der Waals surface area (Å²) in [6, 6.07) is 7.67. The summed E-state index contributed by atoms with van der Waals surface area (Å²) in [5, 5.41) is 0. The van der Waals surface area contributed by atoms with Crippen molar-refractivity contribution in [2.45, 2.75) is 44.9 Å². The standard InChI is InChI=1S/C20H27NO5/c1-2-24-19(23)8-7-18(22)17-5-3-16(4-6-17)15-21-11-9-20(10-12-21)25-13-14-26-20/h3-6H,2,7-15H2,1H3. The van der Waals surface area contributed by atoms with Gasteiger partial charge in [-0.05, 0) is 12.5 Å². The molecule has 1 aromatic carbocycles. The lowest BCUT2D eigenvalue weighted by atomic mass is 10.0. The lowest BCUT2D eigenvalue weighted by molar-refractivity contribution is -0.185. The Kier molecular flexibility index (Phi) is 6.40. The zero-order valence-corrected chi connectivity index (χ0v) is 15.4. The van der Waals surface area contributed by atoms with E-state index in [1.165, 1.54) is 5.56 Å². The van der Waals surface area contributed by atoms with Crippen LogP contribution in [0.3, 0.4) is 0 Å². The first-order chi connectivity index (χ1) is 12.6. The third-order valence-electron chi connectivity index (χ3n) is 4.98. The SMILES string of the molecule is CCOC(=O)CCC(=O)c1ccc(CN2CCC3(CC2)OCCO3)cc1. The number of ketones is 1. The van der Waals surface area contributed by atoms with Gasteiger partial charge in [0, 0.05) is 44.5 Å². The molecule has 0 N–H and O–H groups in total. The van der Waals surface area contributed by atoms with Crippen molar-refractivity contribution in [3.05, 3.63) is 35.4 Å². The minimum Gasteiger partial charge on any atom is -0.466 e. The Morgan fingerprint density at radius 1 is 1.08 bits per heavy atom. The minimum absolute atomic E-state index is 0.0277. The van der Waals surface area contributed by atoms with E-state index in [2.05, 4.69) is 4.90 Å². The van der Waals surface area contributed by atoms with Crippen molar-refractivity contribution in [2.75, 3.05) is 32.9 Å². The van der Waals surface area contributed by atoms with E-state index in [1.807, 2.05) is 24.3 Å². The largest absolute Gasteiger partial charge is 0.466 e. The highest BCUT2D eigenvalue weighted by Gasteiger charge is 2.39. The van der Waals surface area contributed by atoms with Gasteiger partial charge in [-0.2, -0.15) is 0 Å². The molecule has 0 atom stereocenters. The van der Waals surface area contributed by atoms with Crippen molar-refractivity contribution in [1.29, 1.82) is 0 Å². The normalized spacial score (nSPS) is 19.6. The van der Waals surface area contributed by atoms with Crippen molar-refractivity contribution < 1.29 is 23.8 Å². The second-order valence-corrected chi connectivity index (χ2v) is 6.81. The second kappa shape index (κ2) is 8.75. The molecule has 6 heteroatoms. The van der Waals surface area contributed by atoms with Crippen LogP contribution in [0.2, 0.25) is 0 Å². The van der Waals surface area contributed by atoms with Crippen molar-refractivity contribution >= 4 is 11.8 Å². The Morgan fingerprint density at radius 2 is 1.73 bits per heavy atom. The average molecular weight is 361 g/mol. The van der Waals surface area contributed by atoms with Crippen LogP contribution in [0, 0.1) is 0 Å². The van der Waals surface area contributed by atoms with E-state index >= 15 is 0 Å². The number of likely N-dealkylation sites (tertiary alicyclic amines) is 1. The van der Waals surface area contributed by atoms with Crippen molar-refractivity contribution in [2.24, 2.45) is 0 Å². The fourth-order valence-electron chi connectivity index (χ4n) is 3.48. The summed E-state index contributed by atoms with van der Waals surface area (Å²) in [6.45, 7) is 6.25. The molecule has 2 aliphatic rings. The van der Waals surface area contributed by atoms with Crippen molar-refractivity contribution in [3.8, 4) is 0 Å². The van der Waals surface area contributed by atoms with E-state index in [0.29, 0.717) is 25.4 Å². The van der Waals surface area contributed by atoms with E-state index < -0.39 is 0 Å². The topological polar surface area (TPSA) is 65.1 Å². The molecule has 0 radical (unpaired) electrons. The van der Waals surface area contributed by atoms with Crippen LogP contribution < -0.4 is 0 Å². The number of rotatable bonds is 7. The van der Waals surface area contributed by atoms with E-state index in [9.17, 15) is 9.59 Å². The van der Waals surface area contributed by atoms with Gasteiger partial charge in [-0.1, -0.05) is 24.3 Å². The molecule has 0 aromatic heterocycles. The van der Waals surface area contributed by atoms with E-state index in [4.69, 9.17) is 14.2 Å². The smallest absolute Gasteiger partial charge is 0.306 e. The highest BCUT2D eigenvalue weighted by atomic mass is 16.7. The van der Waals surface area contributed by atoms with Crippen LogP contribution in [-0.4, -0.2) is 55.3 Å². The molecule has 142 valence electrons. The molecule has 3 rings (SSSR count). The Morgan fingerprint density at radius 3 is 2.35 bits per heavy atom. The number of piperidine rings is 1. The molecular formula is C20H27NO5. The number of benzene rings is 1. The number of carbonyl (C=O) groups is 2. The highest BCUT2D eigenvalue weighted by Crippen LogP contribution is 2.31. The van der Waals surface area contributed by atoms with Gasteiger partial charge in [0.2, 0.25) is 0 Å². The fraction of sp³-hybridized carbons (Fsp3) is 0.600. The maximum absolute atomic E-state index is 12.2. The van der Waals surface area contributed by atoms with Gasteiger partial charge in [-0.15, -0.1) is 0 Å². The Hall–Kier alpha value is -1.76. The van der Waals surface area contributed by atoms with E-state index in [-0.39, 0.29) is 30.4 Å². The predicted molar refractivity (Wildman–Crippen MR) is 95.8 cm³/mol. The number of carbonyl (C=O) groups excluding carboxylic acids is 2. The fourth-order valence-corrected chi connectivity index (χ4v) is 3.48. The molecule has 0 amide bonds. The molecule has 0 aliphatic carbocycles. The molecule has 1 spiro atoms. The van der Waals surface area contributed by atoms with E-state index in [1.54, 1.807) is 6.92 Å². The highest BCUT2D eigenvalue weighted by molar-refractivity contribution is 5.97. The van der Waals surface area contributed by atoms with Gasteiger partial charge in [0.1, 0.15) is 0 Å². The maximum atomic E-state index is 12.2. The molecule has 0 bridgehead atoms. The molecule has 2 aliphatic heterocycles. The minimum atomic E-state index is -0.342. The Labute approximate surface area is 154 Å². The number of Topliss-reactive ketones (excluding diaryl/α,β-unsaturated/α-hetero) is 1. The number of hydrogen-bond acceptors (Lipinski definition) is 6. The van der Waals surface area contributed by atoms with Crippen LogP contribution >= 0.6 is 0 Å². The molecule has 26 heavy (non-hydrogen) atoms. The molecule has 2 saturated heterocycles. The lowest BCUT2D eigenvalue weighted by Crippen LogP contribution is -2.44. The lowest BCUT2D eigenvalue weighted by Gasteiger charge is -2.37. The van der Waals surface area contributed by atoms with Gasteiger partial charge in [-0.25, -0.2) is 0 Å². The van der Waals surface area contributed by atoms with Gasteiger partial charge >= 0.3 is 5.97 Å². The summed E-state index contributed by atoms with van der Waals surface area (Å²) in [7, 11) is 0. The molecule has 6 nitrogen and oxygen atoms in total. The van der Waals surface area contributed by atoms with Gasteiger partial charge < -0.3 is 14.2 Å². The first-order valence-corrected chi connectivity index (χ1v) is 9.38. The maximum Gasteiger partial charge on any atom is 0.306 e. The number of esters is 1. The Balaban J connectivity index is 1.45. The zero-order chi connectivity index (χ0) is 18.4. The van der Waals surface area contributed by atoms with Gasteiger partial charge in [-0.3, -0.25) is 14.5 Å². The molecule has 2 heterocycles. The number of nitrogens with zero attached hydrogens (tertiary/aromatic N) is 1. The molecule has 0 saturated carbocycles. The first-order valence-electron chi connectivity index (χ1n) is 9.38. The number of hydrogen-bond donors (Lipinski definition) is 0. The van der Waals surface area contributed by atoms with Gasteiger partial charge in [0.25, 0.3) is 0 Å². The zero-order valence-electron chi connectivity index (χ0n) is 15.4. The van der Waals surface area contributed by atoms with Crippen LogP contribution in [0.5, 0.6) is 0 Å². The predicted octanol–water partition coefficient (Wildman–Crippen LogP) is 2.55. The molecule has 0 unspecified atom stereocenters. The molecular weight excluding hydrogens is 334 g/mol. The third-order valence-corrected chi connectivity index (χ3v) is 4.98. The van der Waals surface area contributed by atoms with Crippen molar-refractivity contribution in [3.63, 3.8) is 0 Å². The monoisotopic (exact) mass is 361 g/mol. The van der Waals surface area contributed by atoms with Crippen LogP contribution in [0.4, 0.5) is 0 Å².